The second-order valence-corrected chi connectivity index (χ2v) is 17.8. The molecule has 0 aliphatic rings. The lowest BCUT2D eigenvalue weighted by molar-refractivity contribution is -0.167. The molecule has 64 heavy (non-hydrogen) atoms. The summed E-state index contributed by atoms with van der Waals surface area (Å²) in [7, 11) is 0. The fraction of sp³-hybridized carbons (Fsp3) is 0.741. The second kappa shape index (κ2) is 52.5. The standard InChI is InChI=1S/C58H100O6/c1-4-7-10-13-16-19-22-25-28-29-31-33-36-39-42-45-48-51-57(60)63-54-55(53-62-56(59)50-47-44-41-38-35-32-27-24-21-18-15-12-9-6-3)64-58(61)52-49-46-43-40-37-34-30-26-23-20-17-14-11-8-5-2/h8,11,14,17,20,23,25-26,28,30,32,35,55H,4-7,9-10,12-13,15-16,18-19,21-22,24,27,29,31,33-34,36-54H2,1-3H3/b11-8-,17-14-,23-20-,28-25-,30-26-,35-32-. The molecule has 0 bridgehead atoms. The van der Waals surface area contributed by atoms with Gasteiger partial charge < -0.3 is 14.2 Å². The maximum absolute atomic E-state index is 12.8. The van der Waals surface area contributed by atoms with E-state index in [-0.39, 0.29) is 31.1 Å². The number of carbonyl (C=O) groups is 3. The molecular weight excluding hydrogens is 793 g/mol. The molecule has 1 unspecified atom stereocenters. The Labute approximate surface area is 395 Å². The minimum absolute atomic E-state index is 0.0919. The van der Waals surface area contributed by atoms with Crippen molar-refractivity contribution < 1.29 is 28.6 Å². The molecule has 0 aliphatic carbocycles. The summed E-state index contributed by atoms with van der Waals surface area (Å²) in [6.45, 7) is 6.46. The Hall–Kier alpha value is -3.15. The van der Waals surface area contributed by atoms with Crippen LogP contribution in [0.2, 0.25) is 0 Å². The van der Waals surface area contributed by atoms with E-state index in [0.29, 0.717) is 19.3 Å². The fourth-order valence-corrected chi connectivity index (χ4v) is 7.44. The van der Waals surface area contributed by atoms with Crippen molar-refractivity contribution in [3.63, 3.8) is 0 Å². The van der Waals surface area contributed by atoms with Crippen LogP contribution in [-0.4, -0.2) is 37.2 Å². The van der Waals surface area contributed by atoms with E-state index in [1.165, 1.54) is 122 Å². The first-order valence-electron chi connectivity index (χ1n) is 27.0. The normalized spacial score (nSPS) is 12.6. The smallest absolute Gasteiger partial charge is 0.306 e. The Kier molecular flexibility index (Phi) is 49.9. The highest BCUT2D eigenvalue weighted by Gasteiger charge is 2.19. The van der Waals surface area contributed by atoms with Crippen LogP contribution in [0, 0.1) is 0 Å². The molecule has 6 heteroatoms. The van der Waals surface area contributed by atoms with Crippen molar-refractivity contribution in [2.24, 2.45) is 0 Å². The van der Waals surface area contributed by atoms with Gasteiger partial charge >= 0.3 is 17.9 Å². The molecule has 6 nitrogen and oxygen atoms in total. The maximum atomic E-state index is 12.8. The summed E-state index contributed by atoms with van der Waals surface area (Å²) in [5, 5.41) is 0. The second-order valence-electron chi connectivity index (χ2n) is 17.8. The molecule has 0 fully saturated rings. The molecule has 0 aromatic heterocycles. The van der Waals surface area contributed by atoms with Crippen molar-refractivity contribution >= 4 is 17.9 Å². The van der Waals surface area contributed by atoms with Crippen molar-refractivity contribution in [3.05, 3.63) is 72.9 Å². The van der Waals surface area contributed by atoms with Crippen LogP contribution in [0.5, 0.6) is 0 Å². The van der Waals surface area contributed by atoms with Crippen LogP contribution in [0.1, 0.15) is 258 Å². The van der Waals surface area contributed by atoms with E-state index in [0.717, 1.165) is 96.3 Å². The third-order valence-electron chi connectivity index (χ3n) is 11.5. The molecule has 368 valence electrons. The molecule has 0 heterocycles. The lowest BCUT2D eigenvalue weighted by Crippen LogP contribution is -2.30. The number of hydrogen-bond acceptors (Lipinski definition) is 6. The number of carbonyl (C=O) groups excluding carboxylic acids is 3. The van der Waals surface area contributed by atoms with Gasteiger partial charge in [-0.15, -0.1) is 0 Å². The predicted octanol–water partition coefficient (Wildman–Crippen LogP) is 17.8. The van der Waals surface area contributed by atoms with Crippen molar-refractivity contribution in [1.29, 1.82) is 0 Å². The largest absolute Gasteiger partial charge is 0.462 e. The molecule has 0 saturated heterocycles. The zero-order valence-corrected chi connectivity index (χ0v) is 42.0. The fourth-order valence-electron chi connectivity index (χ4n) is 7.44. The van der Waals surface area contributed by atoms with Gasteiger partial charge in [-0.25, -0.2) is 0 Å². The van der Waals surface area contributed by atoms with Crippen LogP contribution < -0.4 is 0 Å². The Bertz CT molecular complexity index is 1210. The number of hydrogen-bond donors (Lipinski definition) is 0. The molecule has 0 amide bonds. The highest BCUT2D eigenvalue weighted by atomic mass is 16.6. The summed E-state index contributed by atoms with van der Waals surface area (Å²) in [6.07, 6.45) is 66.0. The molecule has 0 N–H and O–H groups in total. The van der Waals surface area contributed by atoms with E-state index >= 15 is 0 Å². The summed E-state index contributed by atoms with van der Waals surface area (Å²) in [5.74, 6) is -0.932. The SMILES string of the molecule is CC\C=C/C=C\C=C/C=C\CCCCCCCC(=O)OC(COC(=O)CCCCC/C=C\CCCCCCCCC)COC(=O)CCCCCCCCC/C=C\CCCCCCCC. The lowest BCUT2D eigenvalue weighted by Gasteiger charge is -2.18. The van der Waals surface area contributed by atoms with Crippen LogP contribution in [0.15, 0.2) is 72.9 Å². The van der Waals surface area contributed by atoms with Crippen LogP contribution >= 0.6 is 0 Å². The first kappa shape index (κ1) is 60.9. The lowest BCUT2D eigenvalue weighted by atomic mass is 10.1. The highest BCUT2D eigenvalue weighted by Crippen LogP contribution is 2.14. The van der Waals surface area contributed by atoms with Gasteiger partial charge in [0.05, 0.1) is 0 Å². The molecule has 0 aliphatic heterocycles. The zero-order valence-electron chi connectivity index (χ0n) is 42.0. The number of ether oxygens (including phenoxy) is 3. The molecule has 1 atom stereocenters. The summed E-state index contributed by atoms with van der Waals surface area (Å²) in [4.78, 5) is 38.0. The molecule has 0 aromatic carbocycles. The third kappa shape index (κ3) is 49.9. The van der Waals surface area contributed by atoms with Gasteiger partial charge in [-0.3, -0.25) is 14.4 Å². The van der Waals surface area contributed by atoms with Crippen molar-refractivity contribution in [2.45, 2.75) is 264 Å². The van der Waals surface area contributed by atoms with Gasteiger partial charge in [0.2, 0.25) is 0 Å². The Morgan fingerprint density at radius 3 is 1.02 bits per heavy atom. The van der Waals surface area contributed by atoms with Gasteiger partial charge in [0, 0.05) is 19.3 Å². The van der Waals surface area contributed by atoms with E-state index in [4.69, 9.17) is 14.2 Å². The van der Waals surface area contributed by atoms with Gasteiger partial charge in [0.1, 0.15) is 13.2 Å². The van der Waals surface area contributed by atoms with E-state index in [1.807, 2.05) is 18.2 Å². The van der Waals surface area contributed by atoms with Crippen LogP contribution in [-0.2, 0) is 28.6 Å². The minimum Gasteiger partial charge on any atom is -0.462 e. The van der Waals surface area contributed by atoms with Gasteiger partial charge in [0.15, 0.2) is 6.10 Å². The van der Waals surface area contributed by atoms with Crippen molar-refractivity contribution in [3.8, 4) is 0 Å². The van der Waals surface area contributed by atoms with Crippen LogP contribution in [0.4, 0.5) is 0 Å². The third-order valence-corrected chi connectivity index (χ3v) is 11.5. The summed E-state index contributed by atoms with van der Waals surface area (Å²) in [6, 6.07) is 0. The number of rotatable bonds is 48. The Balaban J connectivity index is 4.43. The molecule has 0 saturated carbocycles. The molecule has 0 rings (SSSR count). The molecule has 0 spiro atoms. The van der Waals surface area contributed by atoms with E-state index < -0.39 is 6.10 Å². The first-order chi connectivity index (χ1) is 31.5. The van der Waals surface area contributed by atoms with Crippen molar-refractivity contribution in [2.75, 3.05) is 13.2 Å². The van der Waals surface area contributed by atoms with Gasteiger partial charge in [0.25, 0.3) is 0 Å². The van der Waals surface area contributed by atoms with Gasteiger partial charge in [-0.2, -0.15) is 0 Å². The van der Waals surface area contributed by atoms with Gasteiger partial charge in [-0.05, 0) is 89.9 Å². The Morgan fingerprint density at radius 1 is 0.328 bits per heavy atom. The number of unbranched alkanes of at least 4 members (excludes halogenated alkanes) is 28. The quantitative estimate of drug-likeness (QED) is 0.0199. The maximum Gasteiger partial charge on any atom is 0.306 e. The zero-order chi connectivity index (χ0) is 46.5. The van der Waals surface area contributed by atoms with E-state index in [2.05, 4.69) is 75.5 Å². The summed E-state index contributed by atoms with van der Waals surface area (Å²) >= 11 is 0. The average Bonchev–Trinajstić information content (AvgIpc) is 3.29. The topological polar surface area (TPSA) is 78.9 Å². The monoisotopic (exact) mass is 893 g/mol. The number of allylic oxidation sites excluding steroid dienone is 12. The summed E-state index contributed by atoms with van der Waals surface area (Å²) in [5.41, 5.74) is 0. The van der Waals surface area contributed by atoms with E-state index in [9.17, 15) is 14.4 Å². The van der Waals surface area contributed by atoms with Crippen LogP contribution in [0.25, 0.3) is 0 Å². The van der Waals surface area contributed by atoms with Crippen LogP contribution in [0.3, 0.4) is 0 Å². The average molecular weight is 893 g/mol. The molecular formula is C58H100O6. The van der Waals surface area contributed by atoms with Gasteiger partial charge in [-0.1, -0.05) is 222 Å². The summed E-state index contributed by atoms with van der Waals surface area (Å²) < 4.78 is 16.8. The molecule has 0 radical (unpaired) electrons. The highest BCUT2D eigenvalue weighted by molar-refractivity contribution is 5.71. The minimum atomic E-state index is -0.795. The predicted molar refractivity (Wildman–Crippen MR) is 274 cm³/mol. The Morgan fingerprint density at radius 2 is 0.625 bits per heavy atom. The molecule has 0 aromatic rings. The van der Waals surface area contributed by atoms with E-state index in [1.54, 1.807) is 0 Å². The van der Waals surface area contributed by atoms with Crippen molar-refractivity contribution in [1.82, 2.24) is 0 Å². The number of esters is 3. The first-order valence-corrected chi connectivity index (χ1v) is 27.0.